The van der Waals surface area contributed by atoms with E-state index in [2.05, 4.69) is 10.6 Å². The Balaban J connectivity index is 2.28. The van der Waals surface area contributed by atoms with Gasteiger partial charge in [0.25, 0.3) is 0 Å². The summed E-state index contributed by atoms with van der Waals surface area (Å²) in [4.78, 5) is 11.6. The summed E-state index contributed by atoms with van der Waals surface area (Å²) in [5, 5.41) is 5.54. The van der Waals surface area contributed by atoms with Crippen LogP contribution in [0.3, 0.4) is 0 Å². The molecule has 19 heavy (non-hydrogen) atoms. The molecule has 1 unspecified atom stereocenters. The number of hydrogen-bond donors (Lipinski definition) is 2. The van der Waals surface area contributed by atoms with Crippen molar-refractivity contribution in [3.63, 3.8) is 0 Å². The second-order valence-electron chi connectivity index (χ2n) is 4.00. The highest BCUT2D eigenvalue weighted by Crippen LogP contribution is 2.08. The van der Waals surface area contributed by atoms with Gasteiger partial charge in [0.05, 0.1) is 19.3 Å². The lowest BCUT2D eigenvalue weighted by Crippen LogP contribution is -2.36. The SMILES string of the molecule is COCC(CNCC(=O)Nc1cccc(F)c1)OC. The van der Waals surface area contributed by atoms with Crippen LogP contribution >= 0.6 is 0 Å². The average molecular weight is 270 g/mol. The highest BCUT2D eigenvalue weighted by Gasteiger charge is 2.08. The molecule has 1 aromatic carbocycles. The van der Waals surface area contributed by atoms with Crippen LogP contribution in [0.2, 0.25) is 0 Å². The zero-order chi connectivity index (χ0) is 14.1. The lowest BCUT2D eigenvalue weighted by Gasteiger charge is -2.14. The minimum absolute atomic E-state index is 0.105. The van der Waals surface area contributed by atoms with Crippen molar-refractivity contribution < 1.29 is 18.7 Å². The molecule has 6 heteroatoms. The molecule has 0 heterocycles. The Morgan fingerprint density at radius 3 is 2.84 bits per heavy atom. The molecular formula is C13H19FN2O3. The van der Waals surface area contributed by atoms with Crippen molar-refractivity contribution in [2.75, 3.05) is 39.2 Å². The lowest BCUT2D eigenvalue weighted by molar-refractivity contribution is -0.115. The van der Waals surface area contributed by atoms with E-state index in [1.807, 2.05) is 0 Å². The quantitative estimate of drug-likeness (QED) is 0.740. The number of anilines is 1. The Morgan fingerprint density at radius 1 is 1.42 bits per heavy atom. The molecule has 0 aliphatic heterocycles. The van der Waals surface area contributed by atoms with E-state index in [4.69, 9.17) is 9.47 Å². The highest BCUT2D eigenvalue weighted by molar-refractivity contribution is 5.92. The first kappa shape index (κ1) is 15.6. The maximum Gasteiger partial charge on any atom is 0.238 e. The molecule has 0 bridgehead atoms. The van der Waals surface area contributed by atoms with Gasteiger partial charge >= 0.3 is 0 Å². The van der Waals surface area contributed by atoms with Gasteiger partial charge < -0.3 is 20.1 Å². The number of ether oxygens (including phenoxy) is 2. The Kier molecular flexibility index (Phi) is 7.02. The van der Waals surface area contributed by atoms with Gasteiger partial charge in [-0.15, -0.1) is 0 Å². The molecule has 0 saturated carbocycles. The Morgan fingerprint density at radius 2 is 2.21 bits per heavy atom. The number of benzene rings is 1. The number of nitrogens with one attached hydrogen (secondary N) is 2. The second-order valence-corrected chi connectivity index (χ2v) is 4.00. The van der Waals surface area contributed by atoms with Crippen LogP contribution in [0, 0.1) is 5.82 Å². The van der Waals surface area contributed by atoms with Crippen molar-refractivity contribution in [3.8, 4) is 0 Å². The third-order valence-electron chi connectivity index (χ3n) is 2.45. The molecule has 0 aliphatic carbocycles. The van der Waals surface area contributed by atoms with Crippen molar-refractivity contribution >= 4 is 11.6 Å². The van der Waals surface area contributed by atoms with Crippen LogP contribution in [0.4, 0.5) is 10.1 Å². The van der Waals surface area contributed by atoms with Crippen molar-refractivity contribution in [3.05, 3.63) is 30.1 Å². The minimum atomic E-state index is -0.384. The van der Waals surface area contributed by atoms with E-state index in [0.29, 0.717) is 18.8 Å². The summed E-state index contributed by atoms with van der Waals surface area (Å²) in [7, 11) is 3.17. The molecule has 0 aromatic heterocycles. The molecular weight excluding hydrogens is 251 g/mol. The van der Waals surface area contributed by atoms with Gasteiger partial charge in [0.2, 0.25) is 5.91 Å². The number of hydrogen-bond acceptors (Lipinski definition) is 4. The second kappa shape index (κ2) is 8.58. The average Bonchev–Trinajstić information content (AvgIpc) is 2.37. The van der Waals surface area contributed by atoms with Crippen LogP contribution < -0.4 is 10.6 Å². The summed E-state index contributed by atoms with van der Waals surface area (Å²) in [6.45, 7) is 1.08. The topological polar surface area (TPSA) is 59.6 Å². The van der Waals surface area contributed by atoms with Crippen LogP contribution in [0.1, 0.15) is 0 Å². The van der Waals surface area contributed by atoms with Gasteiger partial charge in [-0.2, -0.15) is 0 Å². The predicted molar refractivity (Wildman–Crippen MR) is 70.6 cm³/mol. The third kappa shape index (κ3) is 6.28. The molecule has 5 nitrogen and oxygen atoms in total. The summed E-state index contributed by atoms with van der Waals surface area (Å²) < 4.78 is 23.0. The molecule has 1 aromatic rings. The molecule has 0 aliphatic rings. The normalized spacial score (nSPS) is 12.2. The highest BCUT2D eigenvalue weighted by atomic mass is 19.1. The molecule has 106 valence electrons. The zero-order valence-corrected chi connectivity index (χ0v) is 11.1. The molecule has 0 saturated heterocycles. The van der Waals surface area contributed by atoms with Crippen molar-refractivity contribution in [1.29, 1.82) is 0 Å². The lowest BCUT2D eigenvalue weighted by atomic mass is 10.3. The summed E-state index contributed by atoms with van der Waals surface area (Å²) in [5.74, 6) is -0.622. The first-order chi connectivity index (χ1) is 9.15. The summed E-state index contributed by atoms with van der Waals surface area (Å²) in [5.41, 5.74) is 0.437. The molecule has 0 radical (unpaired) electrons. The van der Waals surface area contributed by atoms with E-state index >= 15 is 0 Å². The van der Waals surface area contributed by atoms with Crippen LogP contribution in [0.15, 0.2) is 24.3 Å². The van der Waals surface area contributed by atoms with Gasteiger partial charge in [0.15, 0.2) is 0 Å². The van der Waals surface area contributed by atoms with Gasteiger partial charge in [-0.05, 0) is 18.2 Å². The fraction of sp³-hybridized carbons (Fsp3) is 0.462. The van der Waals surface area contributed by atoms with Crippen LogP contribution in [-0.4, -0.2) is 45.9 Å². The largest absolute Gasteiger partial charge is 0.382 e. The smallest absolute Gasteiger partial charge is 0.238 e. The number of halogens is 1. The monoisotopic (exact) mass is 270 g/mol. The molecule has 0 fully saturated rings. The van der Waals surface area contributed by atoms with Gasteiger partial charge in [-0.3, -0.25) is 4.79 Å². The molecule has 1 rings (SSSR count). The van der Waals surface area contributed by atoms with Crippen molar-refractivity contribution in [2.24, 2.45) is 0 Å². The molecule has 1 amide bonds. The minimum Gasteiger partial charge on any atom is -0.382 e. The summed E-state index contributed by atoms with van der Waals surface area (Å²) >= 11 is 0. The molecule has 0 spiro atoms. The standard InChI is InChI=1S/C13H19FN2O3/c1-18-9-12(19-2)7-15-8-13(17)16-11-5-3-4-10(14)6-11/h3-6,12,15H,7-9H2,1-2H3,(H,16,17). The van der Waals surface area contributed by atoms with E-state index < -0.39 is 0 Å². The Bertz CT molecular complexity index is 401. The van der Waals surface area contributed by atoms with E-state index in [1.54, 1.807) is 20.3 Å². The van der Waals surface area contributed by atoms with Crippen molar-refractivity contribution in [2.45, 2.75) is 6.10 Å². The van der Waals surface area contributed by atoms with Crippen LogP contribution in [-0.2, 0) is 14.3 Å². The first-order valence-electron chi connectivity index (χ1n) is 5.93. The van der Waals surface area contributed by atoms with E-state index in [1.165, 1.54) is 18.2 Å². The maximum absolute atomic E-state index is 12.9. The number of methoxy groups -OCH3 is 2. The van der Waals surface area contributed by atoms with Gasteiger partial charge in [0.1, 0.15) is 5.82 Å². The number of carbonyl (C=O) groups is 1. The van der Waals surface area contributed by atoms with Gasteiger partial charge in [-0.1, -0.05) is 6.07 Å². The number of carbonyl (C=O) groups excluding carboxylic acids is 1. The fourth-order valence-electron chi connectivity index (χ4n) is 1.51. The molecule has 2 N–H and O–H groups in total. The van der Waals surface area contributed by atoms with Crippen LogP contribution in [0.25, 0.3) is 0 Å². The maximum atomic E-state index is 12.9. The van der Waals surface area contributed by atoms with Crippen molar-refractivity contribution in [1.82, 2.24) is 5.32 Å². The summed E-state index contributed by atoms with van der Waals surface area (Å²) in [6.07, 6.45) is -0.105. The Labute approximate surface area is 112 Å². The zero-order valence-electron chi connectivity index (χ0n) is 11.1. The van der Waals surface area contributed by atoms with E-state index in [0.717, 1.165) is 0 Å². The summed E-state index contributed by atoms with van der Waals surface area (Å²) in [6, 6.07) is 5.75. The van der Waals surface area contributed by atoms with E-state index in [-0.39, 0.29) is 24.4 Å². The molecule has 1 atom stereocenters. The first-order valence-corrected chi connectivity index (χ1v) is 5.93. The number of rotatable bonds is 8. The fourth-order valence-corrected chi connectivity index (χ4v) is 1.51. The van der Waals surface area contributed by atoms with E-state index in [9.17, 15) is 9.18 Å². The number of amides is 1. The third-order valence-corrected chi connectivity index (χ3v) is 2.45. The van der Waals surface area contributed by atoms with Crippen LogP contribution in [0.5, 0.6) is 0 Å². The predicted octanol–water partition coefficient (Wildman–Crippen LogP) is 1.02. The van der Waals surface area contributed by atoms with Gasteiger partial charge in [-0.25, -0.2) is 4.39 Å². The van der Waals surface area contributed by atoms with Gasteiger partial charge in [0, 0.05) is 26.5 Å². The Hall–Kier alpha value is -1.50.